The van der Waals surface area contributed by atoms with Gasteiger partial charge in [0.1, 0.15) is 12.0 Å². The van der Waals surface area contributed by atoms with Crippen LogP contribution in [0.5, 0.6) is 0 Å². The molecule has 0 spiro atoms. The number of nitrogens with two attached hydrogens (primary N) is 1. The zero-order valence-electron chi connectivity index (χ0n) is 14.3. The molecule has 2 aromatic carbocycles. The van der Waals surface area contributed by atoms with Crippen molar-refractivity contribution in [2.24, 2.45) is 0 Å². The van der Waals surface area contributed by atoms with Crippen molar-refractivity contribution in [3.63, 3.8) is 0 Å². The monoisotopic (exact) mass is 404 g/mol. The smallest absolute Gasteiger partial charge is 0.257 e. The molecular formula is C17H17ClN6O2S. The van der Waals surface area contributed by atoms with Crippen molar-refractivity contribution in [2.45, 2.75) is 11.8 Å². The molecule has 0 radical (unpaired) electrons. The number of hydrogen-bond donors (Lipinski definition) is 4. The SMILES string of the molecule is Cc1ccc(S(=O)(=O)NNc2ncnc(Nc3ccc(Cl)cc3)c2N)cc1. The molecular weight excluding hydrogens is 388 g/mol. The van der Waals surface area contributed by atoms with Crippen LogP contribution in [0.1, 0.15) is 5.56 Å². The average Bonchev–Trinajstić information content (AvgIpc) is 2.64. The maximum absolute atomic E-state index is 12.3. The second-order valence-electron chi connectivity index (χ2n) is 5.66. The highest BCUT2D eigenvalue weighted by Gasteiger charge is 2.15. The van der Waals surface area contributed by atoms with Gasteiger partial charge in [-0.15, -0.1) is 4.83 Å². The summed E-state index contributed by atoms with van der Waals surface area (Å²) in [6, 6.07) is 13.4. The van der Waals surface area contributed by atoms with Crippen molar-refractivity contribution in [1.82, 2.24) is 14.8 Å². The number of benzene rings is 2. The van der Waals surface area contributed by atoms with E-state index < -0.39 is 10.0 Å². The van der Waals surface area contributed by atoms with Gasteiger partial charge < -0.3 is 11.1 Å². The van der Waals surface area contributed by atoms with Gasteiger partial charge in [0, 0.05) is 10.7 Å². The first-order valence-corrected chi connectivity index (χ1v) is 9.69. The predicted molar refractivity (Wildman–Crippen MR) is 106 cm³/mol. The fraction of sp³-hybridized carbons (Fsp3) is 0.0588. The maximum atomic E-state index is 12.3. The third-order valence-corrected chi connectivity index (χ3v) is 5.14. The Morgan fingerprint density at radius 2 is 1.59 bits per heavy atom. The quantitative estimate of drug-likeness (QED) is 0.465. The number of rotatable bonds is 6. The number of aromatic nitrogens is 2. The van der Waals surface area contributed by atoms with E-state index in [1.807, 2.05) is 6.92 Å². The topological polar surface area (TPSA) is 122 Å². The van der Waals surface area contributed by atoms with E-state index in [2.05, 4.69) is 25.5 Å². The Kier molecular flexibility index (Phi) is 5.45. The van der Waals surface area contributed by atoms with Gasteiger partial charge >= 0.3 is 0 Å². The first kappa shape index (κ1) is 18.9. The highest BCUT2D eigenvalue weighted by atomic mass is 35.5. The molecule has 0 saturated heterocycles. The van der Waals surface area contributed by atoms with Crippen LogP contribution in [0.2, 0.25) is 5.02 Å². The van der Waals surface area contributed by atoms with Gasteiger partial charge in [-0.25, -0.2) is 18.4 Å². The molecule has 27 heavy (non-hydrogen) atoms. The summed E-state index contributed by atoms with van der Waals surface area (Å²) in [4.78, 5) is 10.4. The van der Waals surface area contributed by atoms with Gasteiger partial charge in [0.25, 0.3) is 10.0 Å². The van der Waals surface area contributed by atoms with Gasteiger partial charge in [0.2, 0.25) is 0 Å². The van der Waals surface area contributed by atoms with Gasteiger partial charge in [-0.3, -0.25) is 5.43 Å². The molecule has 0 saturated carbocycles. The molecule has 10 heteroatoms. The lowest BCUT2D eigenvalue weighted by Crippen LogP contribution is -2.30. The molecule has 1 heterocycles. The molecule has 3 rings (SSSR count). The summed E-state index contributed by atoms with van der Waals surface area (Å²) in [6.45, 7) is 1.87. The number of hydrogen-bond acceptors (Lipinski definition) is 7. The van der Waals surface area contributed by atoms with Crippen molar-refractivity contribution >= 4 is 44.6 Å². The number of halogens is 1. The summed E-state index contributed by atoms with van der Waals surface area (Å²) in [5.41, 5.74) is 10.4. The number of hydrazine groups is 1. The number of nitrogen functional groups attached to an aromatic ring is 1. The number of sulfonamides is 1. The van der Waals surface area contributed by atoms with Gasteiger partial charge in [-0.05, 0) is 43.3 Å². The molecule has 5 N–H and O–H groups in total. The average molecular weight is 405 g/mol. The third-order valence-electron chi connectivity index (χ3n) is 3.63. The Hall–Kier alpha value is -2.88. The Morgan fingerprint density at radius 1 is 0.963 bits per heavy atom. The van der Waals surface area contributed by atoms with E-state index in [9.17, 15) is 8.42 Å². The summed E-state index contributed by atoms with van der Waals surface area (Å²) < 4.78 is 24.7. The molecule has 0 fully saturated rings. The molecule has 0 bridgehead atoms. The van der Waals surface area contributed by atoms with E-state index in [1.165, 1.54) is 18.5 Å². The van der Waals surface area contributed by atoms with Crippen molar-refractivity contribution in [3.05, 3.63) is 65.4 Å². The van der Waals surface area contributed by atoms with Crippen LogP contribution in [0.15, 0.2) is 59.8 Å². The summed E-state index contributed by atoms with van der Waals surface area (Å²) in [5.74, 6) is 0.446. The van der Waals surface area contributed by atoms with Crippen molar-refractivity contribution < 1.29 is 8.42 Å². The van der Waals surface area contributed by atoms with Crippen LogP contribution in [-0.4, -0.2) is 18.4 Å². The molecule has 1 aromatic heterocycles. The third kappa shape index (κ3) is 4.64. The van der Waals surface area contributed by atoms with Crippen LogP contribution >= 0.6 is 11.6 Å². The maximum Gasteiger partial charge on any atom is 0.257 e. The molecule has 140 valence electrons. The molecule has 0 aliphatic rings. The second kappa shape index (κ2) is 7.78. The Morgan fingerprint density at radius 3 is 2.26 bits per heavy atom. The van der Waals surface area contributed by atoms with Crippen LogP contribution in [0, 0.1) is 6.92 Å². The summed E-state index contributed by atoms with van der Waals surface area (Å²) in [6.07, 6.45) is 1.26. The Bertz CT molecular complexity index is 1040. The molecule has 0 unspecified atom stereocenters. The lowest BCUT2D eigenvalue weighted by Gasteiger charge is -2.13. The van der Waals surface area contributed by atoms with E-state index in [0.717, 1.165) is 11.3 Å². The molecule has 0 aliphatic heterocycles. The molecule has 8 nitrogen and oxygen atoms in total. The fourth-order valence-corrected chi connectivity index (χ4v) is 3.13. The number of aryl methyl sites for hydroxylation is 1. The summed E-state index contributed by atoms with van der Waals surface area (Å²) in [5, 5.41) is 3.62. The van der Waals surface area contributed by atoms with E-state index in [1.54, 1.807) is 36.4 Å². The fourth-order valence-electron chi connectivity index (χ4n) is 2.16. The number of nitrogens with zero attached hydrogens (tertiary/aromatic N) is 2. The largest absolute Gasteiger partial charge is 0.393 e. The van der Waals surface area contributed by atoms with Crippen LogP contribution in [0.25, 0.3) is 0 Å². The standard InChI is InChI=1S/C17H17ClN6O2S/c1-11-2-8-14(9-3-11)27(25,26)24-23-17-15(19)16(20-10-21-17)22-13-6-4-12(18)5-7-13/h2-10,24H,19H2,1H3,(H2,20,21,22,23). The van der Waals surface area contributed by atoms with Crippen LogP contribution in [-0.2, 0) is 10.0 Å². The number of anilines is 4. The van der Waals surface area contributed by atoms with Crippen LogP contribution in [0.3, 0.4) is 0 Å². The minimum Gasteiger partial charge on any atom is -0.393 e. The highest BCUT2D eigenvalue weighted by molar-refractivity contribution is 7.89. The highest BCUT2D eigenvalue weighted by Crippen LogP contribution is 2.26. The predicted octanol–water partition coefficient (Wildman–Crippen LogP) is 3.07. The van der Waals surface area contributed by atoms with Gasteiger partial charge in [0.05, 0.1) is 4.90 Å². The normalized spacial score (nSPS) is 11.2. The van der Waals surface area contributed by atoms with Crippen LogP contribution in [0.4, 0.5) is 23.0 Å². The van der Waals surface area contributed by atoms with E-state index >= 15 is 0 Å². The van der Waals surface area contributed by atoms with Gasteiger partial charge in [-0.1, -0.05) is 29.3 Å². The number of nitrogens with one attached hydrogen (secondary N) is 3. The van der Waals surface area contributed by atoms with E-state index in [0.29, 0.717) is 10.8 Å². The lowest BCUT2D eigenvalue weighted by atomic mass is 10.2. The zero-order valence-corrected chi connectivity index (χ0v) is 15.8. The molecule has 3 aromatic rings. The first-order chi connectivity index (χ1) is 12.8. The van der Waals surface area contributed by atoms with Crippen molar-refractivity contribution in [1.29, 1.82) is 0 Å². The minimum atomic E-state index is -3.78. The minimum absolute atomic E-state index is 0.118. The van der Waals surface area contributed by atoms with Crippen LogP contribution < -0.4 is 21.3 Å². The van der Waals surface area contributed by atoms with E-state index in [4.69, 9.17) is 17.3 Å². The van der Waals surface area contributed by atoms with Gasteiger partial charge in [0.15, 0.2) is 11.6 Å². The van der Waals surface area contributed by atoms with Crippen molar-refractivity contribution in [2.75, 3.05) is 16.5 Å². The molecule has 0 aliphatic carbocycles. The van der Waals surface area contributed by atoms with Crippen molar-refractivity contribution in [3.8, 4) is 0 Å². The first-order valence-electron chi connectivity index (χ1n) is 7.83. The molecule has 0 amide bonds. The Balaban J connectivity index is 1.75. The van der Waals surface area contributed by atoms with E-state index in [-0.39, 0.29) is 16.4 Å². The summed E-state index contributed by atoms with van der Waals surface area (Å²) >= 11 is 5.86. The second-order valence-corrected chi connectivity index (χ2v) is 7.78. The molecule has 0 atom stereocenters. The van der Waals surface area contributed by atoms with Gasteiger partial charge in [-0.2, -0.15) is 0 Å². The summed E-state index contributed by atoms with van der Waals surface area (Å²) in [7, 11) is -3.78. The lowest BCUT2D eigenvalue weighted by molar-refractivity contribution is 0.587. The Labute approximate surface area is 161 Å². The zero-order chi connectivity index (χ0) is 19.4.